The molecule has 0 bridgehead atoms. The first-order valence-electron chi connectivity index (χ1n) is 8.66. The number of rotatable bonds is 8. The van der Waals surface area contributed by atoms with Gasteiger partial charge in [-0.25, -0.2) is 5.48 Å². The maximum absolute atomic E-state index is 13.0. The highest BCUT2D eigenvalue weighted by atomic mass is 16.5. The number of carbonyl (C=O) groups excluding carboxylic acids is 2. The number of carbonyl (C=O) groups is 2. The summed E-state index contributed by atoms with van der Waals surface area (Å²) in [6, 6.07) is 5.67. The number of aromatic nitrogens is 1. The molecule has 1 saturated carbocycles. The lowest BCUT2D eigenvalue weighted by Crippen LogP contribution is -2.43. The maximum Gasteiger partial charge on any atom is 0.272 e. The van der Waals surface area contributed by atoms with Gasteiger partial charge in [0.2, 0.25) is 0 Å². The summed E-state index contributed by atoms with van der Waals surface area (Å²) in [7, 11) is 0. The number of hydrogen-bond acceptors (Lipinski definition) is 5. The summed E-state index contributed by atoms with van der Waals surface area (Å²) in [5.74, 6) is -1.99. The van der Waals surface area contributed by atoms with Gasteiger partial charge >= 0.3 is 0 Å². The maximum atomic E-state index is 13.0. The zero-order valence-corrected chi connectivity index (χ0v) is 14.0. The van der Waals surface area contributed by atoms with Crippen molar-refractivity contribution in [2.75, 3.05) is 0 Å². The van der Waals surface area contributed by atoms with Gasteiger partial charge in [-0.1, -0.05) is 32.3 Å². The van der Waals surface area contributed by atoms with Gasteiger partial charge in [0.05, 0.1) is 5.92 Å². The van der Waals surface area contributed by atoms with E-state index in [-0.39, 0.29) is 17.6 Å². The fourth-order valence-corrected chi connectivity index (χ4v) is 3.65. The van der Waals surface area contributed by atoms with E-state index in [4.69, 9.17) is 5.21 Å². The Morgan fingerprint density at radius 3 is 2.79 bits per heavy atom. The Kier molecular flexibility index (Phi) is 6.87. The summed E-state index contributed by atoms with van der Waals surface area (Å²) in [5.41, 5.74) is 2.35. The molecular formula is C18H26N2O4. The van der Waals surface area contributed by atoms with E-state index in [0.717, 1.165) is 37.8 Å². The molecule has 6 heteroatoms. The van der Waals surface area contributed by atoms with E-state index in [1.807, 2.05) is 25.1 Å². The molecule has 6 nitrogen and oxygen atoms in total. The Labute approximate surface area is 142 Å². The van der Waals surface area contributed by atoms with Crippen molar-refractivity contribution in [2.24, 2.45) is 11.8 Å². The van der Waals surface area contributed by atoms with Gasteiger partial charge in [-0.3, -0.25) is 19.8 Å². The number of unbranched alkanes of at least 4 members (excludes halogenated alkanes) is 1. The molecule has 0 aliphatic heterocycles. The van der Waals surface area contributed by atoms with Gasteiger partial charge in [0.25, 0.3) is 5.91 Å². The van der Waals surface area contributed by atoms with E-state index in [9.17, 15) is 14.7 Å². The van der Waals surface area contributed by atoms with Crippen LogP contribution < -0.4 is 5.48 Å². The van der Waals surface area contributed by atoms with Crippen molar-refractivity contribution in [1.82, 2.24) is 10.5 Å². The fraction of sp³-hybridized carbons (Fsp3) is 0.611. The third-order valence-corrected chi connectivity index (χ3v) is 4.94. The number of Topliss-reactive ketones (excluding diaryl/α,β-unsaturated/α-hetero) is 1. The van der Waals surface area contributed by atoms with Gasteiger partial charge < -0.3 is 5.11 Å². The normalized spacial score (nSPS) is 22.8. The van der Waals surface area contributed by atoms with E-state index in [1.54, 1.807) is 6.20 Å². The standard InChI is InChI=1S/C18H26N2O4/c1-2-3-7-14(17(22)18(23)20-24)16(21)13-9-6-8-12(13)15-10-4-5-11-19-15/h4-5,10-14,17,22,24H,2-3,6-9H2,1H3,(H,20,23)/t12?,13?,14-,17-/m0/s1. The highest BCUT2D eigenvalue weighted by molar-refractivity contribution is 5.91. The lowest BCUT2D eigenvalue weighted by molar-refractivity contribution is -0.147. The average Bonchev–Trinajstić information content (AvgIpc) is 3.11. The van der Waals surface area contributed by atoms with Crippen LogP contribution in [0.2, 0.25) is 0 Å². The summed E-state index contributed by atoms with van der Waals surface area (Å²) in [6.07, 6.45) is 4.82. The quantitative estimate of drug-likeness (QED) is 0.500. The molecule has 132 valence electrons. The van der Waals surface area contributed by atoms with Crippen LogP contribution >= 0.6 is 0 Å². The first-order chi connectivity index (χ1) is 11.6. The molecule has 1 aliphatic rings. The molecule has 0 radical (unpaired) electrons. The summed E-state index contributed by atoms with van der Waals surface area (Å²) in [6.45, 7) is 1.99. The molecule has 3 N–H and O–H groups in total. The number of hydroxylamine groups is 1. The van der Waals surface area contributed by atoms with Crippen molar-refractivity contribution in [3.63, 3.8) is 0 Å². The zero-order valence-electron chi connectivity index (χ0n) is 14.0. The van der Waals surface area contributed by atoms with Crippen LogP contribution in [0.25, 0.3) is 0 Å². The predicted octanol–water partition coefficient (Wildman–Crippen LogP) is 2.21. The monoisotopic (exact) mass is 334 g/mol. The van der Waals surface area contributed by atoms with Crippen molar-refractivity contribution in [2.45, 2.75) is 57.5 Å². The third kappa shape index (κ3) is 4.19. The summed E-state index contributed by atoms with van der Waals surface area (Å²) in [5, 5.41) is 19.0. The van der Waals surface area contributed by atoms with Crippen molar-refractivity contribution >= 4 is 11.7 Å². The van der Waals surface area contributed by atoms with Crippen LogP contribution in [-0.2, 0) is 9.59 Å². The Bertz CT molecular complexity index is 549. The molecule has 0 aromatic carbocycles. The first-order valence-corrected chi connectivity index (χ1v) is 8.66. The molecule has 1 fully saturated rings. The molecule has 24 heavy (non-hydrogen) atoms. The third-order valence-electron chi connectivity index (χ3n) is 4.94. The van der Waals surface area contributed by atoms with E-state index in [0.29, 0.717) is 6.42 Å². The van der Waals surface area contributed by atoms with Gasteiger partial charge in [-0.2, -0.15) is 0 Å². The lowest BCUT2D eigenvalue weighted by Gasteiger charge is -2.26. The molecule has 0 saturated heterocycles. The average molecular weight is 334 g/mol. The van der Waals surface area contributed by atoms with Gasteiger partial charge in [-0.15, -0.1) is 0 Å². The predicted molar refractivity (Wildman–Crippen MR) is 88.3 cm³/mol. The topological polar surface area (TPSA) is 99.5 Å². The van der Waals surface area contributed by atoms with Crippen molar-refractivity contribution < 1.29 is 19.9 Å². The number of amides is 1. The fourth-order valence-electron chi connectivity index (χ4n) is 3.65. The largest absolute Gasteiger partial charge is 0.382 e. The van der Waals surface area contributed by atoms with E-state index in [1.165, 1.54) is 5.48 Å². The van der Waals surface area contributed by atoms with Crippen molar-refractivity contribution in [3.8, 4) is 0 Å². The molecule has 1 aliphatic carbocycles. The number of pyridine rings is 1. The SMILES string of the molecule is CCCC[C@@H](C(=O)C1CCCC1c1ccccn1)[C@H](O)C(=O)NO. The van der Waals surface area contributed by atoms with Crippen LogP contribution in [0.15, 0.2) is 24.4 Å². The van der Waals surface area contributed by atoms with Gasteiger partial charge in [0.15, 0.2) is 0 Å². The Balaban J connectivity index is 2.19. The van der Waals surface area contributed by atoms with Crippen LogP contribution in [-0.4, -0.2) is 33.1 Å². The highest BCUT2D eigenvalue weighted by Crippen LogP contribution is 2.41. The molecule has 1 heterocycles. The summed E-state index contributed by atoms with van der Waals surface area (Å²) >= 11 is 0. The number of aliphatic hydroxyl groups is 1. The van der Waals surface area contributed by atoms with E-state index >= 15 is 0 Å². The summed E-state index contributed by atoms with van der Waals surface area (Å²) in [4.78, 5) is 29.0. The lowest BCUT2D eigenvalue weighted by atomic mass is 9.79. The Morgan fingerprint density at radius 1 is 1.38 bits per heavy atom. The minimum absolute atomic E-state index is 0.0345. The van der Waals surface area contributed by atoms with Crippen LogP contribution in [0.5, 0.6) is 0 Å². The number of ketones is 1. The van der Waals surface area contributed by atoms with Crippen LogP contribution in [0.1, 0.15) is 57.1 Å². The molecule has 2 rings (SSSR count). The van der Waals surface area contributed by atoms with E-state index in [2.05, 4.69) is 4.98 Å². The second kappa shape index (κ2) is 8.89. The van der Waals surface area contributed by atoms with Crippen molar-refractivity contribution in [1.29, 1.82) is 0 Å². The van der Waals surface area contributed by atoms with Gasteiger partial charge in [0.1, 0.15) is 11.9 Å². The van der Waals surface area contributed by atoms with E-state index < -0.39 is 17.9 Å². The molecule has 1 amide bonds. The minimum Gasteiger partial charge on any atom is -0.382 e. The molecule has 2 unspecified atom stereocenters. The summed E-state index contributed by atoms with van der Waals surface area (Å²) < 4.78 is 0. The Hall–Kier alpha value is -1.79. The first kappa shape index (κ1) is 18.5. The molecule has 1 aromatic rings. The zero-order chi connectivity index (χ0) is 17.5. The number of nitrogens with zero attached hydrogens (tertiary/aromatic N) is 1. The van der Waals surface area contributed by atoms with Crippen LogP contribution in [0.4, 0.5) is 0 Å². The Morgan fingerprint density at radius 2 is 2.17 bits per heavy atom. The molecule has 4 atom stereocenters. The molecular weight excluding hydrogens is 308 g/mol. The van der Waals surface area contributed by atoms with Crippen LogP contribution in [0.3, 0.4) is 0 Å². The second-order valence-electron chi connectivity index (χ2n) is 6.47. The number of nitrogens with one attached hydrogen (secondary N) is 1. The molecule has 0 spiro atoms. The highest BCUT2D eigenvalue weighted by Gasteiger charge is 2.41. The second-order valence-corrected chi connectivity index (χ2v) is 6.47. The van der Waals surface area contributed by atoms with Gasteiger partial charge in [0, 0.05) is 23.7 Å². The minimum atomic E-state index is -1.51. The smallest absolute Gasteiger partial charge is 0.272 e. The van der Waals surface area contributed by atoms with Crippen molar-refractivity contribution in [3.05, 3.63) is 30.1 Å². The number of aliphatic hydroxyl groups excluding tert-OH is 1. The molecule has 1 aromatic heterocycles. The number of hydrogen-bond donors (Lipinski definition) is 3. The van der Waals surface area contributed by atoms with Crippen LogP contribution in [0, 0.1) is 11.8 Å². The van der Waals surface area contributed by atoms with Gasteiger partial charge in [-0.05, 0) is 31.4 Å².